The summed E-state index contributed by atoms with van der Waals surface area (Å²) in [5.41, 5.74) is 2.06. The largest absolute Gasteiger partial charge is 0.480 e. The second kappa shape index (κ2) is 6.01. The number of anilines is 1. The number of aryl methyl sites for hydroxylation is 1. The molecule has 1 aromatic carbocycles. The van der Waals surface area contributed by atoms with Crippen molar-refractivity contribution < 1.29 is 9.90 Å². The molecule has 22 heavy (non-hydrogen) atoms. The van der Waals surface area contributed by atoms with Gasteiger partial charge in [-0.1, -0.05) is 24.3 Å². The van der Waals surface area contributed by atoms with Crippen LogP contribution >= 0.6 is 0 Å². The highest BCUT2D eigenvalue weighted by atomic mass is 16.4. The molecule has 0 unspecified atom stereocenters. The SMILES string of the molecule is O=C(O)Cn1ccnc(N[C@H]2CCCc3ccccc32)c1=O. The topological polar surface area (TPSA) is 84.2 Å². The van der Waals surface area contributed by atoms with Crippen molar-refractivity contribution in [2.45, 2.75) is 31.8 Å². The number of aromatic nitrogens is 2. The van der Waals surface area contributed by atoms with E-state index in [1.54, 1.807) is 0 Å². The van der Waals surface area contributed by atoms with Crippen molar-refractivity contribution in [1.82, 2.24) is 9.55 Å². The molecule has 6 nitrogen and oxygen atoms in total. The van der Waals surface area contributed by atoms with Crippen LogP contribution in [0, 0.1) is 0 Å². The number of carbonyl (C=O) groups is 1. The maximum Gasteiger partial charge on any atom is 0.323 e. The van der Waals surface area contributed by atoms with E-state index in [1.807, 2.05) is 12.1 Å². The fourth-order valence-electron chi connectivity index (χ4n) is 2.89. The van der Waals surface area contributed by atoms with E-state index < -0.39 is 11.5 Å². The predicted molar refractivity (Wildman–Crippen MR) is 81.9 cm³/mol. The Balaban J connectivity index is 1.89. The van der Waals surface area contributed by atoms with Gasteiger partial charge in [0.2, 0.25) is 0 Å². The molecule has 6 heteroatoms. The molecule has 0 amide bonds. The first-order valence-corrected chi connectivity index (χ1v) is 7.27. The number of nitrogens with zero attached hydrogens (tertiary/aromatic N) is 2. The Bertz CT molecular complexity index is 754. The van der Waals surface area contributed by atoms with Crippen molar-refractivity contribution in [2.75, 3.05) is 5.32 Å². The molecule has 0 aliphatic heterocycles. The van der Waals surface area contributed by atoms with E-state index in [4.69, 9.17) is 5.11 Å². The molecule has 1 atom stereocenters. The first kappa shape index (κ1) is 14.3. The zero-order valence-corrected chi connectivity index (χ0v) is 12.0. The van der Waals surface area contributed by atoms with Gasteiger partial charge in [-0.15, -0.1) is 0 Å². The molecule has 0 saturated heterocycles. The molecule has 0 radical (unpaired) electrons. The molecule has 0 spiro atoms. The third-order valence-corrected chi connectivity index (χ3v) is 3.90. The van der Waals surface area contributed by atoms with Gasteiger partial charge in [-0.3, -0.25) is 14.2 Å². The van der Waals surface area contributed by atoms with Crippen molar-refractivity contribution in [3.8, 4) is 0 Å². The van der Waals surface area contributed by atoms with Gasteiger partial charge >= 0.3 is 5.97 Å². The number of rotatable bonds is 4. The van der Waals surface area contributed by atoms with Gasteiger partial charge in [0.25, 0.3) is 5.56 Å². The number of benzene rings is 1. The minimum atomic E-state index is -1.05. The van der Waals surface area contributed by atoms with Crippen LogP contribution in [0.5, 0.6) is 0 Å². The molecule has 3 rings (SSSR count). The minimum absolute atomic E-state index is 0.0332. The maximum atomic E-state index is 12.3. The van der Waals surface area contributed by atoms with Crippen molar-refractivity contribution in [3.05, 3.63) is 58.1 Å². The molecular weight excluding hydrogens is 282 g/mol. The van der Waals surface area contributed by atoms with Crippen molar-refractivity contribution in [3.63, 3.8) is 0 Å². The summed E-state index contributed by atoms with van der Waals surface area (Å²) in [5, 5.41) is 12.0. The average Bonchev–Trinajstić information content (AvgIpc) is 2.51. The quantitative estimate of drug-likeness (QED) is 0.899. The van der Waals surface area contributed by atoms with Crippen LogP contribution in [0.4, 0.5) is 5.82 Å². The molecule has 1 aliphatic rings. The van der Waals surface area contributed by atoms with Gasteiger partial charge in [0, 0.05) is 12.4 Å². The highest BCUT2D eigenvalue weighted by Gasteiger charge is 2.21. The molecule has 0 bridgehead atoms. The second-order valence-electron chi connectivity index (χ2n) is 5.39. The van der Waals surface area contributed by atoms with Crippen LogP contribution in [0.1, 0.15) is 30.0 Å². The smallest absolute Gasteiger partial charge is 0.323 e. The Morgan fingerprint density at radius 1 is 1.41 bits per heavy atom. The molecule has 1 aromatic heterocycles. The number of nitrogens with one attached hydrogen (secondary N) is 1. The Morgan fingerprint density at radius 2 is 2.23 bits per heavy atom. The van der Waals surface area contributed by atoms with E-state index in [9.17, 15) is 9.59 Å². The van der Waals surface area contributed by atoms with E-state index in [0.29, 0.717) is 0 Å². The molecular formula is C16H17N3O3. The van der Waals surface area contributed by atoms with Gasteiger partial charge in [0.15, 0.2) is 5.82 Å². The number of aliphatic carboxylic acids is 1. The van der Waals surface area contributed by atoms with Crippen LogP contribution in [-0.2, 0) is 17.8 Å². The summed E-state index contributed by atoms with van der Waals surface area (Å²) in [5.74, 6) is -0.854. The summed E-state index contributed by atoms with van der Waals surface area (Å²) >= 11 is 0. The van der Waals surface area contributed by atoms with E-state index in [2.05, 4.69) is 22.4 Å². The molecule has 1 aliphatic carbocycles. The standard InChI is InChI=1S/C16H17N3O3/c20-14(21)10-19-9-8-17-15(16(19)22)18-13-7-3-5-11-4-1-2-6-12(11)13/h1-2,4,6,8-9,13H,3,5,7,10H2,(H,17,18)(H,20,21)/t13-/m0/s1. The van der Waals surface area contributed by atoms with Crippen LogP contribution in [0.15, 0.2) is 41.5 Å². The summed E-state index contributed by atoms with van der Waals surface area (Å²) in [6.07, 6.45) is 5.84. The summed E-state index contributed by atoms with van der Waals surface area (Å²) < 4.78 is 1.15. The third kappa shape index (κ3) is 2.86. The second-order valence-corrected chi connectivity index (χ2v) is 5.39. The van der Waals surface area contributed by atoms with E-state index >= 15 is 0 Å². The van der Waals surface area contributed by atoms with Crippen LogP contribution in [0.25, 0.3) is 0 Å². The Kier molecular flexibility index (Phi) is 3.91. The summed E-state index contributed by atoms with van der Waals surface area (Å²) in [4.78, 5) is 27.1. The van der Waals surface area contributed by atoms with E-state index in [-0.39, 0.29) is 18.4 Å². The van der Waals surface area contributed by atoms with Gasteiger partial charge in [-0.05, 0) is 30.4 Å². The van der Waals surface area contributed by atoms with Crippen molar-refractivity contribution in [1.29, 1.82) is 0 Å². The Morgan fingerprint density at radius 3 is 3.05 bits per heavy atom. The lowest BCUT2D eigenvalue weighted by molar-refractivity contribution is -0.137. The number of fused-ring (bicyclic) bond motifs is 1. The number of carboxylic acid groups (broad SMARTS) is 1. The van der Waals surface area contributed by atoms with Gasteiger partial charge in [0.05, 0.1) is 6.04 Å². The Hall–Kier alpha value is -2.63. The third-order valence-electron chi connectivity index (χ3n) is 3.90. The fourth-order valence-corrected chi connectivity index (χ4v) is 2.89. The minimum Gasteiger partial charge on any atom is -0.480 e. The van der Waals surface area contributed by atoms with E-state index in [0.717, 1.165) is 23.8 Å². The maximum absolute atomic E-state index is 12.3. The summed E-state index contributed by atoms with van der Waals surface area (Å²) in [6.45, 7) is -0.364. The lowest BCUT2D eigenvalue weighted by Crippen LogP contribution is -2.29. The van der Waals surface area contributed by atoms with Crippen LogP contribution in [-0.4, -0.2) is 20.6 Å². The lowest BCUT2D eigenvalue weighted by atomic mass is 9.88. The molecule has 2 N–H and O–H groups in total. The lowest BCUT2D eigenvalue weighted by Gasteiger charge is -2.26. The number of hydrogen-bond acceptors (Lipinski definition) is 4. The average molecular weight is 299 g/mol. The van der Waals surface area contributed by atoms with Crippen LogP contribution in [0.2, 0.25) is 0 Å². The van der Waals surface area contributed by atoms with Crippen LogP contribution < -0.4 is 10.9 Å². The molecule has 0 fully saturated rings. The summed E-state index contributed by atoms with van der Waals surface area (Å²) in [6, 6.07) is 8.20. The van der Waals surface area contributed by atoms with E-state index in [1.165, 1.54) is 23.5 Å². The monoisotopic (exact) mass is 299 g/mol. The Labute approximate surface area is 127 Å². The zero-order valence-electron chi connectivity index (χ0n) is 12.0. The highest BCUT2D eigenvalue weighted by Crippen LogP contribution is 2.31. The zero-order chi connectivity index (χ0) is 15.5. The first-order chi connectivity index (χ1) is 10.6. The fraction of sp³-hybridized carbons (Fsp3) is 0.312. The van der Waals surface area contributed by atoms with Crippen molar-refractivity contribution in [2.24, 2.45) is 0 Å². The van der Waals surface area contributed by atoms with Gasteiger partial charge < -0.3 is 10.4 Å². The molecule has 1 heterocycles. The van der Waals surface area contributed by atoms with Crippen molar-refractivity contribution >= 4 is 11.8 Å². The molecule has 2 aromatic rings. The molecule has 0 saturated carbocycles. The normalized spacial score (nSPS) is 16.8. The predicted octanol–water partition coefficient (Wildman–Crippen LogP) is 1.82. The van der Waals surface area contributed by atoms with Gasteiger partial charge in [-0.25, -0.2) is 4.98 Å². The number of hydrogen-bond donors (Lipinski definition) is 2. The van der Waals surface area contributed by atoms with Gasteiger partial charge in [-0.2, -0.15) is 0 Å². The summed E-state index contributed by atoms with van der Waals surface area (Å²) in [7, 11) is 0. The first-order valence-electron chi connectivity index (χ1n) is 7.27. The molecule has 114 valence electrons. The van der Waals surface area contributed by atoms with Gasteiger partial charge in [0.1, 0.15) is 6.54 Å². The van der Waals surface area contributed by atoms with Crippen LogP contribution in [0.3, 0.4) is 0 Å². The number of carboxylic acids is 1. The highest BCUT2D eigenvalue weighted by molar-refractivity contribution is 5.66.